The molecule has 0 bridgehead atoms. The first-order valence-electron chi connectivity index (χ1n) is 5.47. The van der Waals surface area contributed by atoms with Gasteiger partial charge in [-0.05, 0) is 29.7 Å². The third-order valence-electron chi connectivity index (χ3n) is 2.64. The van der Waals surface area contributed by atoms with E-state index < -0.39 is 10.0 Å². The van der Waals surface area contributed by atoms with E-state index in [0.29, 0.717) is 0 Å². The highest BCUT2D eigenvalue weighted by molar-refractivity contribution is 7.89. The van der Waals surface area contributed by atoms with Crippen molar-refractivity contribution < 1.29 is 8.42 Å². The van der Waals surface area contributed by atoms with Crippen LogP contribution in [-0.2, 0) is 16.4 Å². The summed E-state index contributed by atoms with van der Waals surface area (Å²) >= 11 is 0. The molecule has 0 aromatic heterocycles. The van der Waals surface area contributed by atoms with Crippen molar-refractivity contribution in [3.63, 3.8) is 0 Å². The fourth-order valence-corrected chi connectivity index (χ4v) is 2.32. The molecule has 2 rings (SSSR count). The van der Waals surface area contributed by atoms with Gasteiger partial charge >= 0.3 is 0 Å². The van der Waals surface area contributed by atoms with E-state index in [1.807, 2.05) is 30.3 Å². The Kier molecular flexibility index (Phi) is 3.76. The van der Waals surface area contributed by atoms with Crippen LogP contribution in [0.15, 0.2) is 59.5 Å². The second-order valence-electron chi connectivity index (χ2n) is 3.93. The summed E-state index contributed by atoms with van der Waals surface area (Å²) in [6.07, 6.45) is 0.775. The lowest BCUT2D eigenvalue weighted by Crippen LogP contribution is -2.30. The summed E-state index contributed by atoms with van der Waals surface area (Å²) in [5.74, 6) is 4.96. The van der Waals surface area contributed by atoms with Crippen LogP contribution in [0.1, 0.15) is 11.1 Å². The van der Waals surface area contributed by atoms with E-state index >= 15 is 0 Å². The second-order valence-corrected chi connectivity index (χ2v) is 5.64. The minimum Gasteiger partial charge on any atom is -0.257 e. The number of rotatable bonds is 4. The third kappa shape index (κ3) is 2.95. The molecule has 0 spiro atoms. The summed E-state index contributed by atoms with van der Waals surface area (Å²) in [7, 11) is -3.56. The molecule has 0 atom stereocenters. The zero-order valence-corrected chi connectivity index (χ0v) is 10.5. The van der Waals surface area contributed by atoms with E-state index in [1.165, 1.54) is 5.56 Å². The predicted molar refractivity (Wildman–Crippen MR) is 70.2 cm³/mol. The molecule has 0 saturated carbocycles. The molecular formula is C13H14N2O2S. The van der Waals surface area contributed by atoms with Crippen molar-refractivity contribution in [2.75, 3.05) is 0 Å². The predicted octanol–water partition coefficient (Wildman–Crippen LogP) is 1.43. The van der Waals surface area contributed by atoms with Crippen LogP contribution in [0.2, 0.25) is 0 Å². The number of hydrogen-bond donors (Lipinski definition) is 2. The molecule has 2 aromatic carbocycles. The molecule has 0 fully saturated rings. The van der Waals surface area contributed by atoms with Gasteiger partial charge in [0.1, 0.15) is 0 Å². The van der Waals surface area contributed by atoms with Crippen LogP contribution in [0, 0.1) is 0 Å². The lowest BCUT2D eigenvalue weighted by atomic mass is 10.1. The Bertz CT molecular complexity index is 607. The molecule has 0 radical (unpaired) electrons. The summed E-state index contributed by atoms with van der Waals surface area (Å²) in [5.41, 5.74) is 2.24. The first-order chi connectivity index (χ1) is 8.62. The Balaban J connectivity index is 2.19. The van der Waals surface area contributed by atoms with Gasteiger partial charge in [0.15, 0.2) is 0 Å². The minimum absolute atomic E-state index is 0.168. The topological polar surface area (TPSA) is 72.2 Å². The maximum Gasteiger partial charge on any atom is 0.253 e. The van der Waals surface area contributed by atoms with Gasteiger partial charge in [0.2, 0.25) is 0 Å². The summed E-state index contributed by atoms with van der Waals surface area (Å²) < 4.78 is 22.9. The number of sulfonamides is 1. The van der Waals surface area contributed by atoms with E-state index in [2.05, 4.69) is 0 Å². The number of hydrazine groups is 1. The van der Waals surface area contributed by atoms with Crippen LogP contribution in [0.25, 0.3) is 0 Å². The van der Waals surface area contributed by atoms with E-state index in [-0.39, 0.29) is 4.90 Å². The Hall–Kier alpha value is -1.69. The van der Waals surface area contributed by atoms with E-state index in [9.17, 15) is 8.42 Å². The van der Waals surface area contributed by atoms with Gasteiger partial charge in [-0.2, -0.15) is 4.83 Å². The van der Waals surface area contributed by atoms with Crippen molar-refractivity contribution in [1.82, 2.24) is 4.83 Å². The molecule has 0 aliphatic carbocycles. The smallest absolute Gasteiger partial charge is 0.253 e. The molecule has 0 saturated heterocycles. The van der Waals surface area contributed by atoms with Crippen molar-refractivity contribution >= 4 is 10.0 Å². The highest BCUT2D eigenvalue weighted by Crippen LogP contribution is 2.13. The monoisotopic (exact) mass is 262 g/mol. The highest BCUT2D eigenvalue weighted by Gasteiger charge is 2.10. The van der Waals surface area contributed by atoms with Gasteiger partial charge in [-0.1, -0.05) is 42.5 Å². The average molecular weight is 262 g/mol. The minimum atomic E-state index is -3.56. The fourth-order valence-electron chi connectivity index (χ4n) is 1.69. The van der Waals surface area contributed by atoms with Gasteiger partial charge in [-0.25, -0.2) is 8.42 Å². The number of nitrogens with two attached hydrogens (primary N) is 1. The number of nitrogens with one attached hydrogen (secondary N) is 1. The van der Waals surface area contributed by atoms with Crippen LogP contribution in [0.4, 0.5) is 0 Å². The standard InChI is InChI=1S/C13H14N2O2S/c14-15-18(16,17)13-8-6-12(7-9-13)10-11-4-2-1-3-5-11/h1-9,15H,10,14H2. The highest BCUT2D eigenvalue weighted by atomic mass is 32.2. The number of hydrogen-bond acceptors (Lipinski definition) is 3. The number of benzene rings is 2. The van der Waals surface area contributed by atoms with E-state index in [4.69, 9.17) is 5.84 Å². The van der Waals surface area contributed by atoms with Crippen LogP contribution < -0.4 is 10.7 Å². The average Bonchev–Trinajstić information content (AvgIpc) is 2.40. The molecule has 0 aliphatic rings. The van der Waals surface area contributed by atoms with Gasteiger partial charge in [0.05, 0.1) is 4.90 Å². The van der Waals surface area contributed by atoms with Gasteiger partial charge in [0.25, 0.3) is 10.0 Å². The quantitative estimate of drug-likeness (QED) is 0.646. The molecule has 94 valence electrons. The van der Waals surface area contributed by atoms with Crippen LogP contribution >= 0.6 is 0 Å². The fraction of sp³-hybridized carbons (Fsp3) is 0.0769. The zero-order chi connectivity index (χ0) is 13.0. The van der Waals surface area contributed by atoms with Crippen LogP contribution in [-0.4, -0.2) is 8.42 Å². The molecule has 0 amide bonds. The van der Waals surface area contributed by atoms with Gasteiger partial charge in [0, 0.05) is 0 Å². The normalized spacial score (nSPS) is 11.4. The molecule has 0 aliphatic heterocycles. The van der Waals surface area contributed by atoms with Crippen molar-refractivity contribution in [2.24, 2.45) is 5.84 Å². The van der Waals surface area contributed by atoms with Gasteiger partial charge < -0.3 is 0 Å². The summed E-state index contributed by atoms with van der Waals surface area (Å²) in [6.45, 7) is 0. The molecular weight excluding hydrogens is 248 g/mol. The molecule has 3 N–H and O–H groups in total. The van der Waals surface area contributed by atoms with Gasteiger partial charge in [-0.15, -0.1) is 0 Å². The lowest BCUT2D eigenvalue weighted by molar-refractivity contribution is 0.584. The maximum absolute atomic E-state index is 11.4. The molecule has 5 heteroatoms. The van der Waals surface area contributed by atoms with Crippen molar-refractivity contribution in [1.29, 1.82) is 0 Å². The van der Waals surface area contributed by atoms with Crippen molar-refractivity contribution in [3.8, 4) is 0 Å². The summed E-state index contributed by atoms with van der Waals surface area (Å²) in [6, 6.07) is 16.7. The third-order valence-corrected chi connectivity index (χ3v) is 3.84. The lowest BCUT2D eigenvalue weighted by Gasteiger charge is -2.04. The Morgan fingerprint density at radius 1 is 0.889 bits per heavy atom. The van der Waals surface area contributed by atoms with Crippen molar-refractivity contribution in [2.45, 2.75) is 11.3 Å². The summed E-state index contributed by atoms with van der Waals surface area (Å²) in [5, 5.41) is 0. The zero-order valence-electron chi connectivity index (χ0n) is 9.71. The molecule has 18 heavy (non-hydrogen) atoms. The van der Waals surface area contributed by atoms with Gasteiger partial charge in [-0.3, -0.25) is 5.84 Å². The van der Waals surface area contributed by atoms with Crippen LogP contribution in [0.3, 0.4) is 0 Å². The maximum atomic E-state index is 11.4. The Labute approximate surface area is 106 Å². The first kappa shape index (κ1) is 12.8. The van der Waals surface area contributed by atoms with Crippen molar-refractivity contribution in [3.05, 3.63) is 65.7 Å². The van der Waals surface area contributed by atoms with Crippen LogP contribution in [0.5, 0.6) is 0 Å². The largest absolute Gasteiger partial charge is 0.257 e. The second kappa shape index (κ2) is 5.30. The molecule has 2 aromatic rings. The Morgan fingerprint density at radius 3 is 2.00 bits per heavy atom. The molecule has 0 heterocycles. The van der Waals surface area contributed by atoms with E-state index in [1.54, 1.807) is 29.1 Å². The Morgan fingerprint density at radius 2 is 1.44 bits per heavy atom. The SMILES string of the molecule is NNS(=O)(=O)c1ccc(Cc2ccccc2)cc1. The van der Waals surface area contributed by atoms with E-state index in [0.717, 1.165) is 12.0 Å². The first-order valence-corrected chi connectivity index (χ1v) is 6.95. The summed E-state index contributed by atoms with van der Waals surface area (Å²) in [4.78, 5) is 1.97. The molecule has 4 nitrogen and oxygen atoms in total. The molecule has 0 unspecified atom stereocenters.